The molecule has 0 aromatic heterocycles. The smallest absolute Gasteiger partial charge is 0.0104 e. The van der Waals surface area contributed by atoms with Crippen LogP contribution in [-0.2, 0) is 6.42 Å². The van der Waals surface area contributed by atoms with E-state index in [2.05, 4.69) is 61.2 Å². The first-order valence-electron chi connectivity index (χ1n) is 9.92. The van der Waals surface area contributed by atoms with Gasteiger partial charge in [0.05, 0.1) is 0 Å². The highest BCUT2D eigenvalue weighted by molar-refractivity contribution is 5.15. The monoisotopic (exact) mass is 349 g/mol. The molecule has 1 unspecified atom stereocenters. The molecule has 25 heavy (non-hydrogen) atoms. The third kappa shape index (κ3) is 12.1. The molecule has 0 bridgehead atoms. The Bertz CT molecular complexity index is 394. The molecule has 1 aliphatic rings. The van der Waals surface area contributed by atoms with Crippen molar-refractivity contribution in [3.63, 3.8) is 0 Å². The van der Waals surface area contributed by atoms with Gasteiger partial charge in [-0.2, -0.15) is 0 Å². The van der Waals surface area contributed by atoms with Crippen molar-refractivity contribution < 1.29 is 0 Å². The molecule has 1 fully saturated rings. The third-order valence-corrected chi connectivity index (χ3v) is 4.51. The summed E-state index contributed by atoms with van der Waals surface area (Å²) in [6, 6.07) is 11.5. The molecule has 0 aliphatic carbocycles. The van der Waals surface area contributed by atoms with E-state index in [1.165, 1.54) is 38.0 Å². The Morgan fingerprint density at radius 3 is 1.96 bits per heavy atom. The highest BCUT2D eigenvalue weighted by Crippen LogP contribution is 2.18. The molecule has 1 aliphatic heterocycles. The van der Waals surface area contributed by atoms with E-state index in [1.807, 2.05) is 39.9 Å². The second-order valence-corrected chi connectivity index (χ2v) is 7.57. The van der Waals surface area contributed by atoms with Crippen LogP contribution in [0.25, 0.3) is 0 Å². The molecule has 0 saturated carbocycles. The fourth-order valence-corrected chi connectivity index (χ4v) is 2.94. The van der Waals surface area contributed by atoms with Gasteiger partial charge in [-0.3, -0.25) is 0 Å². The maximum absolute atomic E-state index is 2.54. The van der Waals surface area contributed by atoms with Gasteiger partial charge in [-0.05, 0) is 86.0 Å². The predicted molar refractivity (Wildman–Crippen MR) is 113 cm³/mol. The summed E-state index contributed by atoms with van der Waals surface area (Å²) in [5.74, 6) is 0.888. The van der Waals surface area contributed by atoms with Gasteiger partial charge in [0.2, 0.25) is 0 Å². The molecule has 0 radical (unpaired) electrons. The van der Waals surface area contributed by atoms with Crippen LogP contribution in [-0.4, -0.2) is 75.6 Å². The van der Waals surface area contributed by atoms with Crippen LogP contribution in [0.2, 0.25) is 0 Å². The van der Waals surface area contributed by atoms with E-state index in [4.69, 9.17) is 0 Å². The van der Waals surface area contributed by atoms with Gasteiger partial charge in [-0.15, -0.1) is 0 Å². The number of likely N-dealkylation sites (tertiary alicyclic amines) is 1. The standard InChI is InChI=1S/C17H28N2.C3H9N.C2H6/c1-15(13-16-7-5-4-6-8-16)19(3)14-17-9-11-18(2)12-10-17;1-4(2)3;1-2/h4-8,15,17H,9-14H2,1-3H3;1-3H3;1-2H3. The lowest BCUT2D eigenvalue weighted by Crippen LogP contribution is -2.39. The SMILES string of the molecule is CC.CC(Cc1ccccc1)N(C)CC1CCN(C)CC1.CN(C)C. The van der Waals surface area contributed by atoms with Gasteiger partial charge in [0.25, 0.3) is 0 Å². The van der Waals surface area contributed by atoms with Crippen molar-refractivity contribution in [3.05, 3.63) is 35.9 Å². The number of hydrogen-bond acceptors (Lipinski definition) is 3. The second-order valence-electron chi connectivity index (χ2n) is 7.57. The summed E-state index contributed by atoms with van der Waals surface area (Å²) in [5.41, 5.74) is 1.45. The zero-order chi connectivity index (χ0) is 19.2. The average molecular weight is 350 g/mol. The van der Waals surface area contributed by atoms with Gasteiger partial charge < -0.3 is 14.7 Å². The Balaban J connectivity index is 0.000000845. The third-order valence-electron chi connectivity index (χ3n) is 4.51. The molecule has 1 saturated heterocycles. The molecular weight excluding hydrogens is 306 g/mol. The minimum absolute atomic E-state index is 0.627. The Kier molecular flexibility index (Phi) is 13.8. The van der Waals surface area contributed by atoms with Crippen molar-refractivity contribution in [1.82, 2.24) is 14.7 Å². The molecule has 1 heterocycles. The Labute approximate surface area is 158 Å². The molecule has 3 heteroatoms. The predicted octanol–water partition coefficient (Wildman–Crippen LogP) is 4.10. The Morgan fingerprint density at radius 2 is 1.48 bits per heavy atom. The lowest BCUT2D eigenvalue weighted by Gasteiger charge is -2.34. The van der Waals surface area contributed by atoms with Crippen LogP contribution in [0.3, 0.4) is 0 Å². The summed E-state index contributed by atoms with van der Waals surface area (Å²) in [5, 5.41) is 0. The molecule has 146 valence electrons. The van der Waals surface area contributed by atoms with E-state index < -0.39 is 0 Å². The number of piperidine rings is 1. The first-order chi connectivity index (χ1) is 11.9. The number of likely N-dealkylation sites (N-methyl/N-ethyl adjacent to an activating group) is 1. The molecule has 0 amide bonds. The van der Waals surface area contributed by atoms with Gasteiger partial charge >= 0.3 is 0 Å². The fraction of sp³-hybridized carbons (Fsp3) is 0.727. The van der Waals surface area contributed by atoms with E-state index in [0.717, 1.165) is 12.3 Å². The molecule has 1 aromatic rings. The maximum Gasteiger partial charge on any atom is 0.0104 e. The van der Waals surface area contributed by atoms with E-state index in [1.54, 1.807) is 0 Å². The first kappa shape index (κ1) is 24.1. The van der Waals surface area contributed by atoms with E-state index >= 15 is 0 Å². The van der Waals surface area contributed by atoms with Gasteiger partial charge in [-0.25, -0.2) is 0 Å². The lowest BCUT2D eigenvalue weighted by atomic mass is 9.95. The number of hydrogen-bond donors (Lipinski definition) is 0. The quantitative estimate of drug-likeness (QED) is 0.792. The van der Waals surface area contributed by atoms with Crippen LogP contribution >= 0.6 is 0 Å². The molecule has 0 spiro atoms. The normalized spacial score (nSPS) is 16.7. The van der Waals surface area contributed by atoms with Crippen molar-refractivity contribution in [1.29, 1.82) is 0 Å². The Hall–Kier alpha value is -0.900. The van der Waals surface area contributed by atoms with Crippen molar-refractivity contribution in [3.8, 4) is 0 Å². The molecule has 0 N–H and O–H groups in total. The zero-order valence-corrected chi connectivity index (χ0v) is 18.1. The first-order valence-corrected chi connectivity index (χ1v) is 9.92. The van der Waals surface area contributed by atoms with Crippen molar-refractivity contribution in [2.45, 2.75) is 46.1 Å². The molecular formula is C22H43N3. The second kappa shape index (κ2) is 14.3. The summed E-state index contributed by atoms with van der Waals surface area (Å²) in [6.45, 7) is 10.1. The summed E-state index contributed by atoms with van der Waals surface area (Å²) in [7, 11) is 10.5. The average Bonchev–Trinajstić information content (AvgIpc) is 2.59. The molecule has 3 nitrogen and oxygen atoms in total. The van der Waals surface area contributed by atoms with Gasteiger partial charge in [0, 0.05) is 12.6 Å². The highest BCUT2D eigenvalue weighted by Gasteiger charge is 2.20. The van der Waals surface area contributed by atoms with Crippen molar-refractivity contribution >= 4 is 0 Å². The Morgan fingerprint density at radius 1 is 1.00 bits per heavy atom. The summed E-state index contributed by atoms with van der Waals surface area (Å²) >= 11 is 0. The highest BCUT2D eigenvalue weighted by atomic mass is 15.1. The van der Waals surface area contributed by atoms with Crippen LogP contribution in [0.4, 0.5) is 0 Å². The lowest BCUT2D eigenvalue weighted by molar-refractivity contribution is 0.154. The number of nitrogens with zero attached hydrogens (tertiary/aromatic N) is 3. The van der Waals surface area contributed by atoms with Gasteiger partial charge in [-0.1, -0.05) is 44.2 Å². The van der Waals surface area contributed by atoms with Crippen LogP contribution in [0.15, 0.2) is 30.3 Å². The van der Waals surface area contributed by atoms with Crippen molar-refractivity contribution in [2.24, 2.45) is 5.92 Å². The number of benzene rings is 1. The maximum atomic E-state index is 2.54. The van der Waals surface area contributed by atoms with Crippen molar-refractivity contribution in [2.75, 3.05) is 54.9 Å². The van der Waals surface area contributed by atoms with Gasteiger partial charge in [0.15, 0.2) is 0 Å². The van der Waals surface area contributed by atoms with Gasteiger partial charge in [0.1, 0.15) is 0 Å². The minimum Gasteiger partial charge on any atom is -0.312 e. The largest absolute Gasteiger partial charge is 0.312 e. The van der Waals surface area contributed by atoms with Crippen LogP contribution < -0.4 is 0 Å². The van der Waals surface area contributed by atoms with E-state index in [9.17, 15) is 0 Å². The topological polar surface area (TPSA) is 9.72 Å². The summed E-state index contributed by atoms with van der Waals surface area (Å²) in [4.78, 5) is 6.99. The van der Waals surface area contributed by atoms with Crippen LogP contribution in [0.5, 0.6) is 0 Å². The van der Waals surface area contributed by atoms with Crippen LogP contribution in [0, 0.1) is 5.92 Å². The minimum atomic E-state index is 0.627. The van der Waals surface area contributed by atoms with Crippen LogP contribution in [0.1, 0.15) is 39.2 Å². The fourth-order valence-electron chi connectivity index (χ4n) is 2.94. The summed E-state index contributed by atoms with van der Waals surface area (Å²) in [6.07, 6.45) is 3.88. The molecule has 2 rings (SSSR count). The number of rotatable bonds is 5. The molecule has 1 aromatic carbocycles. The van der Waals surface area contributed by atoms with E-state index in [-0.39, 0.29) is 0 Å². The zero-order valence-electron chi connectivity index (χ0n) is 18.1. The van der Waals surface area contributed by atoms with E-state index in [0.29, 0.717) is 6.04 Å². The summed E-state index contributed by atoms with van der Waals surface area (Å²) < 4.78 is 0. The molecule has 1 atom stereocenters.